The van der Waals surface area contributed by atoms with Gasteiger partial charge in [0, 0.05) is 0 Å². The minimum atomic E-state index is -0.653. The predicted octanol–water partition coefficient (Wildman–Crippen LogP) is 7.39. The normalized spacial score (nSPS) is 10.9. The van der Waals surface area contributed by atoms with E-state index in [-0.39, 0.29) is 5.97 Å². The molecule has 2 nitrogen and oxygen atoms in total. The van der Waals surface area contributed by atoms with E-state index in [9.17, 15) is 4.79 Å². The van der Waals surface area contributed by atoms with E-state index in [4.69, 9.17) is 3.53 Å². The summed E-state index contributed by atoms with van der Waals surface area (Å²) < 4.78 is 5.22. The van der Waals surface area contributed by atoms with Crippen LogP contribution in [-0.2, 0) is 26.1 Å². The fraction of sp³-hybridized carbons (Fsp3) is 0.857. The maximum absolute atomic E-state index is 11.2. The predicted molar refractivity (Wildman–Crippen MR) is 101 cm³/mol. The van der Waals surface area contributed by atoms with Gasteiger partial charge >= 0.3 is 127 Å². The van der Waals surface area contributed by atoms with E-state index in [0.29, 0.717) is 5.57 Å². The van der Waals surface area contributed by atoms with E-state index in [1.54, 1.807) is 6.92 Å². The smallest absolute Gasteiger partial charge is 0.0654 e. The first-order chi connectivity index (χ1) is 11.7. The zero-order valence-corrected chi connectivity index (χ0v) is 18.7. The zero-order valence-electron chi connectivity index (χ0n) is 16.2. The molecule has 0 aromatic rings. The molecular weight excluding hydrogens is 474 g/mol. The third kappa shape index (κ3) is 18.2. The Balaban J connectivity index is 3.05. The Labute approximate surface area is 159 Å². The van der Waals surface area contributed by atoms with Crippen LogP contribution in [0.3, 0.4) is 0 Å². The van der Waals surface area contributed by atoms with Crippen LogP contribution < -0.4 is 0 Å². The van der Waals surface area contributed by atoms with Crippen LogP contribution in [-0.4, -0.2) is 5.97 Å². The zero-order chi connectivity index (χ0) is 17.9. The minimum absolute atomic E-state index is 0.192. The number of carbonyl (C=O) groups excluding carboxylic acids is 1. The molecule has 0 unspecified atom stereocenters. The molecule has 0 aromatic heterocycles. The van der Waals surface area contributed by atoms with Crippen LogP contribution >= 0.6 is 0 Å². The molecule has 0 spiro atoms. The Hall–Kier alpha value is -0.154. The van der Waals surface area contributed by atoms with Crippen LogP contribution in [0.1, 0.15) is 110 Å². The maximum atomic E-state index is 11.2. The second kappa shape index (κ2) is 19.2. The first-order valence-corrected chi connectivity index (χ1v) is 12.9. The third-order valence-corrected chi connectivity index (χ3v) is 6.52. The van der Waals surface area contributed by atoms with Gasteiger partial charge in [0.25, 0.3) is 0 Å². The fourth-order valence-electron chi connectivity index (χ4n) is 2.65. The molecule has 0 heterocycles. The molecule has 0 saturated carbocycles. The monoisotopic (exact) mass is 516 g/mol. The van der Waals surface area contributed by atoms with Crippen molar-refractivity contribution in [2.24, 2.45) is 0 Å². The molecule has 24 heavy (non-hydrogen) atoms. The van der Waals surface area contributed by atoms with Gasteiger partial charge in [-0.25, -0.2) is 0 Å². The summed E-state index contributed by atoms with van der Waals surface area (Å²) in [5.74, 6) is -0.192. The molecule has 0 fully saturated rings. The van der Waals surface area contributed by atoms with Crippen molar-refractivity contribution in [3.63, 3.8) is 0 Å². The average molecular weight is 515 g/mol. The Kier molecular flexibility index (Phi) is 19.1. The van der Waals surface area contributed by atoms with E-state index < -0.39 is 17.8 Å². The van der Waals surface area contributed by atoms with Crippen molar-refractivity contribution in [1.82, 2.24) is 0 Å². The molecular formula is C21H40O2Os. The summed E-state index contributed by atoms with van der Waals surface area (Å²) in [6.45, 7) is 7.59. The van der Waals surface area contributed by atoms with Crippen molar-refractivity contribution in [3.05, 3.63) is 12.2 Å². The van der Waals surface area contributed by atoms with Crippen LogP contribution in [0, 0.1) is 0 Å². The van der Waals surface area contributed by atoms with Gasteiger partial charge in [-0.05, 0) is 0 Å². The summed E-state index contributed by atoms with van der Waals surface area (Å²) in [6.07, 6.45) is 20.9. The molecule has 0 N–H and O–H groups in total. The van der Waals surface area contributed by atoms with Crippen molar-refractivity contribution >= 4 is 5.97 Å². The fourth-order valence-corrected chi connectivity index (χ4v) is 4.69. The minimum Gasteiger partial charge on any atom is -0.0654 e. The van der Waals surface area contributed by atoms with Crippen molar-refractivity contribution in [1.29, 1.82) is 0 Å². The topological polar surface area (TPSA) is 26.3 Å². The van der Waals surface area contributed by atoms with Crippen LogP contribution in [0.5, 0.6) is 0 Å². The molecule has 0 atom stereocenters. The van der Waals surface area contributed by atoms with Gasteiger partial charge in [0.2, 0.25) is 0 Å². The molecule has 0 saturated heterocycles. The Bertz CT molecular complexity index is 302. The van der Waals surface area contributed by atoms with E-state index in [1.807, 2.05) is 0 Å². The number of carbonyl (C=O) groups is 1. The van der Waals surface area contributed by atoms with Gasteiger partial charge in [-0.3, -0.25) is 0 Å². The SMILES string of the molecule is C=C(C)C(=O)[O][Os][CH2]CCCCCCCCCCCCCCCC. The molecule has 144 valence electrons. The van der Waals surface area contributed by atoms with E-state index in [1.165, 1.54) is 96.3 Å². The summed E-state index contributed by atoms with van der Waals surface area (Å²) in [6, 6.07) is 0. The molecule has 3 heteroatoms. The van der Waals surface area contributed by atoms with Gasteiger partial charge in [0.1, 0.15) is 0 Å². The van der Waals surface area contributed by atoms with Crippen LogP contribution in [0.25, 0.3) is 0 Å². The summed E-state index contributed by atoms with van der Waals surface area (Å²) in [7, 11) is 0. The van der Waals surface area contributed by atoms with Crippen LogP contribution in [0.2, 0.25) is 4.98 Å². The molecule has 0 aliphatic rings. The Morgan fingerprint density at radius 3 is 1.50 bits per heavy atom. The Morgan fingerprint density at radius 1 is 0.750 bits per heavy atom. The first-order valence-electron chi connectivity index (χ1n) is 10.1. The van der Waals surface area contributed by atoms with Crippen LogP contribution in [0.4, 0.5) is 0 Å². The standard InChI is InChI=1S/C17H35.C4H6O2.Os/c1-3-5-7-9-11-13-15-17-16-14-12-10-8-6-4-2;1-3(2)4(5)6;/h1,3-17H2,2H3;1H2,2H3,(H,5,6);/q;;+1/p-1. The second-order valence-corrected chi connectivity index (χ2v) is 9.39. The van der Waals surface area contributed by atoms with Crippen molar-refractivity contribution < 1.29 is 26.1 Å². The van der Waals surface area contributed by atoms with Crippen LogP contribution in [0.15, 0.2) is 12.2 Å². The Morgan fingerprint density at radius 2 is 1.12 bits per heavy atom. The molecule has 0 amide bonds. The third-order valence-electron chi connectivity index (χ3n) is 4.27. The van der Waals surface area contributed by atoms with E-state index in [2.05, 4.69) is 13.5 Å². The van der Waals surface area contributed by atoms with E-state index in [0.717, 1.165) is 4.98 Å². The van der Waals surface area contributed by atoms with Gasteiger partial charge in [-0.1, -0.05) is 32.6 Å². The number of hydrogen-bond donors (Lipinski definition) is 0. The summed E-state index contributed by atoms with van der Waals surface area (Å²) in [4.78, 5) is 12.3. The molecule has 0 aliphatic heterocycles. The van der Waals surface area contributed by atoms with Crippen molar-refractivity contribution in [2.45, 2.75) is 115 Å². The van der Waals surface area contributed by atoms with Gasteiger partial charge < -0.3 is 0 Å². The molecule has 0 rings (SSSR count). The van der Waals surface area contributed by atoms with Crippen molar-refractivity contribution in [3.8, 4) is 0 Å². The van der Waals surface area contributed by atoms with Crippen molar-refractivity contribution in [2.75, 3.05) is 0 Å². The number of hydrogen-bond acceptors (Lipinski definition) is 2. The van der Waals surface area contributed by atoms with Gasteiger partial charge in [0.15, 0.2) is 0 Å². The molecule has 0 aliphatic carbocycles. The number of unbranched alkanes of at least 4 members (excludes halogenated alkanes) is 14. The number of rotatable bonds is 18. The molecule has 0 radical (unpaired) electrons. The van der Waals surface area contributed by atoms with Gasteiger partial charge in [-0.15, -0.1) is 0 Å². The second-order valence-electron chi connectivity index (χ2n) is 6.87. The van der Waals surface area contributed by atoms with E-state index >= 15 is 0 Å². The summed E-state index contributed by atoms with van der Waals surface area (Å²) in [5, 5.41) is 0. The first kappa shape index (κ1) is 23.8. The quantitative estimate of drug-likeness (QED) is 0.141. The molecule has 0 aromatic carbocycles. The molecule has 0 bridgehead atoms. The van der Waals surface area contributed by atoms with Gasteiger partial charge in [-0.2, -0.15) is 0 Å². The van der Waals surface area contributed by atoms with Gasteiger partial charge in [0.05, 0.1) is 0 Å². The summed E-state index contributed by atoms with van der Waals surface area (Å²) >= 11 is -0.653. The summed E-state index contributed by atoms with van der Waals surface area (Å²) in [5.41, 5.74) is 0.527. The average Bonchev–Trinajstić information content (AvgIpc) is 2.57.